The second-order valence-electron chi connectivity index (χ2n) is 5.08. The van der Waals surface area contributed by atoms with E-state index >= 15 is 0 Å². The first kappa shape index (κ1) is 15.2. The summed E-state index contributed by atoms with van der Waals surface area (Å²) in [4.78, 5) is 27.2. The standard InChI is InChI=1S/C15H20N4O2/c20-14(17-11-12-6-5-9-16-10-12)15(21)19-18-13-7-3-1-2-4-8-13/h5-6,9-10H,1-4,7-8,11H2,(H,17,20)(H,19,21). The molecule has 0 aromatic carbocycles. The third kappa shape index (κ3) is 5.33. The lowest BCUT2D eigenvalue weighted by Gasteiger charge is -2.05. The van der Waals surface area contributed by atoms with Crippen LogP contribution in [0.25, 0.3) is 0 Å². The molecule has 1 fully saturated rings. The van der Waals surface area contributed by atoms with Gasteiger partial charge in [-0.05, 0) is 37.3 Å². The second kappa shape index (κ2) is 8.14. The van der Waals surface area contributed by atoms with Crippen LogP contribution >= 0.6 is 0 Å². The predicted molar refractivity (Wildman–Crippen MR) is 79.4 cm³/mol. The molecule has 1 aliphatic carbocycles. The molecule has 1 saturated carbocycles. The minimum Gasteiger partial charge on any atom is -0.344 e. The van der Waals surface area contributed by atoms with Crippen LogP contribution in [-0.4, -0.2) is 22.5 Å². The summed E-state index contributed by atoms with van der Waals surface area (Å²) >= 11 is 0. The molecule has 6 heteroatoms. The zero-order chi connectivity index (χ0) is 14.9. The van der Waals surface area contributed by atoms with Crippen LogP contribution < -0.4 is 10.7 Å². The van der Waals surface area contributed by atoms with Gasteiger partial charge in [0.25, 0.3) is 0 Å². The van der Waals surface area contributed by atoms with Crippen molar-refractivity contribution in [2.24, 2.45) is 5.10 Å². The topological polar surface area (TPSA) is 83.5 Å². The molecule has 21 heavy (non-hydrogen) atoms. The zero-order valence-electron chi connectivity index (χ0n) is 12.0. The molecule has 1 aliphatic rings. The number of pyridine rings is 1. The Hall–Kier alpha value is -2.24. The van der Waals surface area contributed by atoms with Crippen LogP contribution in [0, 0.1) is 0 Å². The molecule has 6 nitrogen and oxygen atoms in total. The Labute approximate surface area is 124 Å². The van der Waals surface area contributed by atoms with Crippen LogP contribution in [0.2, 0.25) is 0 Å². The number of nitrogens with zero attached hydrogens (tertiary/aromatic N) is 2. The van der Waals surface area contributed by atoms with Crippen LogP contribution in [0.1, 0.15) is 44.1 Å². The van der Waals surface area contributed by atoms with Crippen molar-refractivity contribution in [2.45, 2.75) is 45.1 Å². The number of rotatable bonds is 3. The molecule has 0 aliphatic heterocycles. The van der Waals surface area contributed by atoms with Crippen LogP contribution in [0.15, 0.2) is 29.6 Å². The Bertz CT molecular complexity index is 504. The Morgan fingerprint density at radius 3 is 2.57 bits per heavy atom. The molecule has 0 spiro atoms. The highest BCUT2D eigenvalue weighted by atomic mass is 16.2. The number of hydrogen-bond acceptors (Lipinski definition) is 4. The van der Waals surface area contributed by atoms with E-state index < -0.39 is 11.8 Å². The summed E-state index contributed by atoms with van der Waals surface area (Å²) in [7, 11) is 0. The maximum atomic E-state index is 11.6. The summed E-state index contributed by atoms with van der Waals surface area (Å²) in [6, 6.07) is 3.61. The minimum absolute atomic E-state index is 0.274. The molecule has 112 valence electrons. The molecule has 0 atom stereocenters. The normalized spacial score (nSPS) is 15.0. The molecule has 1 aromatic heterocycles. The van der Waals surface area contributed by atoms with Gasteiger partial charge in [-0.2, -0.15) is 5.10 Å². The lowest BCUT2D eigenvalue weighted by atomic mass is 10.2. The molecular weight excluding hydrogens is 268 g/mol. The second-order valence-corrected chi connectivity index (χ2v) is 5.08. The van der Waals surface area contributed by atoms with E-state index in [-0.39, 0.29) is 6.54 Å². The lowest BCUT2D eigenvalue weighted by molar-refractivity contribution is -0.139. The molecule has 1 heterocycles. The van der Waals surface area contributed by atoms with E-state index in [1.54, 1.807) is 18.5 Å². The van der Waals surface area contributed by atoms with E-state index in [1.807, 2.05) is 6.07 Å². The van der Waals surface area contributed by atoms with Crippen molar-refractivity contribution in [3.63, 3.8) is 0 Å². The summed E-state index contributed by atoms with van der Waals surface area (Å²) in [5.74, 6) is -1.41. The highest BCUT2D eigenvalue weighted by Gasteiger charge is 2.13. The van der Waals surface area contributed by atoms with E-state index in [2.05, 4.69) is 20.8 Å². The molecule has 0 unspecified atom stereocenters. The van der Waals surface area contributed by atoms with E-state index in [0.29, 0.717) is 0 Å². The predicted octanol–water partition coefficient (Wildman–Crippen LogP) is 1.52. The fourth-order valence-electron chi connectivity index (χ4n) is 2.19. The van der Waals surface area contributed by atoms with Gasteiger partial charge in [-0.15, -0.1) is 0 Å². The average molecular weight is 288 g/mol. The van der Waals surface area contributed by atoms with Crippen LogP contribution in [0.5, 0.6) is 0 Å². The van der Waals surface area contributed by atoms with Gasteiger partial charge in [0.1, 0.15) is 0 Å². The largest absolute Gasteiger partial charge is 0.344 e. The zero-order valence-corrected chi connectivity index (χ0v) is 12.0. The number of carbonyl (C=O) groups excluding carboxylic acids is 2. The van der Waals surface area contributed by atoms with Crippen molar-refractivity contribution in [2.75, 3.05) is 0 Å². The Morgan fingerprint density at radius 2 is 1.90 bits per heavy atom. The SMILES string of the molecule is O=C(NCc1cccnc1)C(=O)NN=C1CCCCCC1. The van der Waals surface area contributed by atoms with E-state index in [4.69, 9.17) is 0 Å². The first-order chi connectivity index (χ1) is 10.3. The van der Waals surface area contributed by atoms with Crippen LogP contribution in [-0.2, 0) is 16.1 Å². The molecule has 0 radical (unpaired) electrons. The van der Waals surface area contributed by atoms with E-state index in [9.17, 15) is 9.59 Å². The van der Waals surface area contributed by atoms with Gasteiger partial charge in [-0.3, -0.25) is 14.6 Å². The van der Waals surface area contributed by atoms with Crippen molar-refractivity contribution in [1.29, 1.82) is 0 Å². The summed E-state index contributed by atoms with van der Waals surface area (Å²) in [5.41, 5.74) is 4.15. The van der Waals surface area contributed by atoms with Gasteiger partial charge in [-0.25, -0.2) is 5.43 Å². The Morgan fingerprint density at radius 1 is 1.14 bits per heavy atom. The van der Waals surface area contributed by atoms with E-state index in [0.717, 1.165) is 37.0 Å². The van der Waals surface area contributed by atoms with Crippen molar-refractivity contribution in [3.05, 3.63) is 30.1 Å². The van der Waals surface area contributed by atoms with Gasteiger partial charge in [0, 0.05) is 24.7 Å². The van der Waals surface area contributed by atoms with E-state index in [1.165, 1.54) is 12.8 Å². The third-order valence-electron chi connectivity index (χ3n) is 3.38. The average Bonchev–Trinajstić information content (AvgIpc) is 2.80. The van der Waals surface area contributed by atoms with Crippen LogP contribution in [0.3, 0.4) is 0 Å². The van der Waals surface area contributed by atoms with Gasteiger partial charge >= 0.3 is 11.8 Å². The molecule has 2 N–H and O–H groups in total. The van der Waals surface area contributed by atoms with Crippen LogP contribution in [0.4, 0.5) is 0 Å². The fourth-order valence-corrected chi connectivity index (χ4v) is 2.19. The van der Waals surface area contributed by atoms with Crippen molar-refractivity contribution < 1.29 is 9.59 Å². The summed E-state index contributed by atoms with van der Waals surface area (Å²) in [6.45, 7) is 0.274. The molecule has 0 bridgehead atoms. The number of hydrogen-bond donors (Lipinski definition) is 2. The molecule has 2 rings (SSSR count). The number of amides is 2. The van der Waals surface area contributed by atoms with Gasteiger partial charge in [0.05, 0.1) is 0 Å². The molecule has 2 amide bonds. The number of hydrazone groups is 1. The Balaban J connectivity index is 1.77. The van der Waals surface area contributed by atoms with Crippen molar-refractivity contribution >= 4 is 17.5 Å². The third-order valence-corrected chi connectivity index (χ3v) is 3.38. The number of nitrogens with one attached hydrogen (secondary N) is 2. The molecular formula is C15H20N4O2. The van der Waals surface area contributed by atoms with Gasteiger partial charge in [0.15, 0.2) is 0 Å². The number of carbonyl (C=O) groups is 2. The molecule has 1 aromatic rings. The van der Waals surface area contributed by atoms with Gasteiger partial charge < -0.3 is 5.32 Å². The summed E-state index contributed by atoms with van der Waals surface area (Å²) in [5, 5.41) is 6.60. The monoisotopic (exact) mass is 288 g/mol. The molecule has 0 saturated heterocycles. The lowest BCUT2D eigenvalue weighted by Crippen LogP contribution is -2.37. The maximum Gasteiger partial charge on any atom is 0.329 e. The highest BCUT2D eigenvalue weighted by Crippen LogP contribution is 2.14. The van der Waals surface area contributed by atoms with Gasteiger partial charge in [-0.1, -0.05) is 18.9 Å². The summed E-state index contributed by atoms with van der Waals surface area (Å²) < 4.78 is 0. The smallest absolute Gasteiger partial charge is 0.329 e. The van der Waals surface area contributed by atoms with Crippen molar-refractivity contribution in [3.8, 4) is 0 Å². The van der Waals surface area contributed by atoms with Crippen molar-refractivity contribution in [1.82, 2.24) is 15.7 Å². The number of aromatic nitrogens is 1. The summed E-state index contributed by atoms with van der Waals surface area (Å²) in [6.07, 6.45) is 9.71. The van der Waals surface area contributed by atoms with Gasteiger partial charge in [0.2, 0.25) is 0 Å². The quantitative estimate of drug-likeness (QED) is 0.502. The highest BCUT2D eigenvalue weighted by molar-refractivity contribution is 6.35. The minimum atomic E-state index is -0.726. The fraction of sp³-hybridized carbons (Fsp3) is 0.467. The first-order valence-electron chi connectivity index (χ1n) is 7.28. The maximum absolute atomic E-state index is 11.6. The Kier molecular flexibility index (Phi) is 5.87. The first-order valence-corrected chi connectivity index (χ1v) is 7.28.